The van der Waals surface area contributed by atoms with E-state index in [1.54, 1.807) is 47.4 Å². The van der Waals surface area contributed by atoms with Gasteiger partial charge in [0, 0.05) is 24.1 Å². The molecule has 1 heterocycles. The van der Waals surface area contributed by atoms with Crippen LogP contribution < -0.4 is 15.8 Å². The van der Waals surface area contributed by atoms with Crippen molar-refractivity contribution in [1.82, 2.24) is 10.9 Å². The normalized spacial score (nSPS) is 13.6. The number of nitrogens with one attached hydrogen (secondary N) is 2. The number of amides is 3. The number of anilines is 1. The molecule has 3 amide bonds. The van der Waals surface area contributed by atoms with Gasteiger partial charge in [0.15, 0.2) is 0 Å². The SMILES string of the molecule is O=C(NNC(=O)c1ccc(Cl)c(N2CCCC2=O)c1)c1ccccc1. The summed E-state index contributed by atoms with van der Waals surface area (Å²) < 4.78 is 0. The molecule has 1 aliphatic heterocycles. The minimum absolute atomic E-state index is 0.0168. The van der Waals surface area contributed by atoms with Gasteiger partial charge in [0.1, 0.15) is 0 Å². The molecule has 0 aromatic heterocycles. The number of halogens is 1. The van der Waals surface area contributed by atoms with E-state index in [-0.39, 0.29) is 5.91 Å². The highest BCUT2D eigenvalue weighted by Crippen LogP contribution is 2.30. The number of carbonyl (C=O) groups is 3. The second kappa shape index (κ2) is 7.36. The number of benzene rings is 2. The molecule has 0 atom stereocenters. The number of hydrazine groups is 1. The quantitative estimate of drug-likeness (QED) is 0.828. The Labute approximate surface area is 149 Å². The van der Waals surface area contributed by atoms with E-state index < -0.39 is 11.8 Å². The molecule has 2 N–H and O–H groups in total. The smallest absolute Gasteiger partial charge is 0.269 e. The molecule has 0 aliphatic carbocycles. The number of nitrogens with zero attached hydrogens (tertiary/aromatic N) is 1. The van der Waals surface area contributed by atoms with E-state index in [1.165, 1.54) is 6.07 Å². The Morgan fingerprint density at radius 1 is 0.960 bits per heavy atom. The summed E-state index contributed by atoms with van der Waals surface area (Å²) in [6.07, 6.45) is 1.23. The highest BCUT2D eigenvalue weighted by atomic mass is 35.5. The summed E-state index contributed by atoms with van der Waals surface area (Å²) in [7, 11) is 0. The molecule has 1 saturated heterocycles. The lowest BCUT2D eigenvalue weighted by atomic mass is 10.1. The van der Waals surface area contributed by atoms with Gasteiger partial charge in [0.25, 0.3) is 11.8 Å². The summed E-state index contributed by atoms with van der Waals surface area (Å²) in [6.45, 7) is 0.578. The molecule has 25 heavy (non-hydrogen) atoms. The summed E-state index contributed by atoms with van der Waals surface area (Å²) in [5.74, 6) is -0.927. The first-order valence-corrected chi connectivity index (χ1v) is 8.20. The maximum atomic E-state index is 12.3. The molecule has 0 radical (unpaired) electrons. The van der Waals surface area contributed by atoms with E-state index >= 15 is 0 Å². The lowest BCUT2D eigenvalue weighted by molar-refractivity contribution is -0.117. The Bertz CT molecular complexity index is 824. The van der Waals surface area contributed by atoms with Crippen molar-refractivity contribution in [3.8, 4) is 0 Å². The third-order valence-corrected chi connectivity index (χ3v) is 4.22. The molecular formula is C18H16ClN3O3. The summed E-state index contributed by atoms with van der Waals surface area (Å²) in [5, 5.41) is 0.403. The predicted molar refractivity (Wildman–Crippen MR) is 94.4 cm³/mol. The zero-order chi connectivity index (χ0) is 17.8. The zero-order valence-corrected chi connectivity index (χ0v) is 14.0. The van der Waals surface area contributed by atoms with Crippen LogP contribution in [0.1, 0.15) is 33.6 Å². The molecule has 0 saturated carbocycles. The van der Waals surface area contributed by atoms with Crippen molar-refractivity contribution in [3.05, 3.63) is 64.7 Å². The van der Waals surface area contributed by atoms with Crippen LogP contribution in [0, 0.1) is 0 Å². The molecule has 0 spiro atoms. The van der Waals surface area contributed by atoms with E-state index in [9.17, 15) is 14.4 Å². The molecule has 2 aromatic rings. The fourth-order valence-corrected chi connectivity index (χ4v) is 2.83. The fourth-order valence-electron chi connectivity index (χ4n) is 2.61. The number of hydrogen-bond donors (Lipinski definition) is 2. The Balaban J connectivity index is 1.70. The number of hydrogen-bond acceptors (Lipinski definition) is 3. The van der Waals surface area contributed by atoms with Gasteiger partial charge in [-0.2, -0.15) is 0 Å². The van der Waals surface area contributed by atoms with E-state index in [0.717, 1.165) is 6.42 Å². The van der Waals surface area contributed by atoms with Crippen molar-refractivity contribution in [3.63, 3.8) is 0 Å². The predicted octanol–water partition coefficient (Wildman–Crippen LogP) is 2.54. The van der Waals surface area contributed by atoms with Crippen molar-refractivity contribution in [2.45, 2.75) is 12.8 Å². The second-order valence-corrected chi connectivity index (χ2v) is 6.00. The van der Waals surface area contributed by atoms with Gasteiger partial charge in [-0.15, -0.1) is 0 Å². The van der Waals surface area contributed by atoms with Crippen molar-refractivity contribution >= 4 is 35.0 Å². The topological polar surface area (TPSA) is 78.5 Å². The van der Waals surface area contributed by atoms with Crippen LogP contribution in [0.4, 0.5) is 5.69 Å². The van der Waals surface area contributed by atoms with Gasteiger partial charge in [-0.1, -0.05) is 29.8 Å². The first kappa shape index (κ1) is 17.0. The zero-order valence-electron chi connectivity index (χ0n) is 13.3. The minimum Gasteiger partial charge on any atom is -0.311 e. The van der Waals surface area contributed by atoms with Crippen LogP contribution in [-0.4, -0.2) is 24.3 Å². The number of carbonyl (C=O) groups excluding carboxylic acids is 3. The van der Waals surface area contributed by atoms with E-state index in [2.05, 4.69) is 10.9 Å². The largest absolute Gasteiger partial charge is 0.311 e. The molecule has 0 unspecified atom stereocenters. The van der Waals surface area contributed by atoms with Crippen LogP contribution in [0.3, 0.4) is 0 Å². The van der Waals surface area contributed by atoms with Gasteiger partial charge in [0.2, 0.25) is 5.91 Å². The molecule has 2 aromatic carbocycles. The minimum atomic E-state index is -0.492. The van der Waals surface area contributed by atoms with Crippen molar-refractivity contribution in [2.75, 3.05) is 11.4 Å². The molecule has 3 rings (SSSR count). The second-order valence-electron chi connectivity index (χ2n) is 5.59. The standard InChI is InChI=1S/C18H16ClN3O3/c19-14-9-8-13(11-15(14)22-10-4-7-16(22)23)18(25)21-20-17(24)12-5-2-1-3-6-12/h1-3,5-6,8-9,11H,4,7,10H2,(H,20,24)(H,21,25). The summed E-state index contributed by atoms with van der Waals surface area (Å²) in [6, 6.07) is 13.2. The van der Waals surface area contributed by atoms with Crippen molar-refractivity contribution < 1.29 is 14.4 Å². The molecule has 1 aliphatic rings. The van der Waals surface area contributed by atoms with Gasteiger partial charge >= 0.3 is 0 Å². The van der Waals surface area contributed by atoms with E-state index in [1.807, 2.05) is 0 Å². The molecular weight excluding hydrogens is 342 g/mol. The average Bonchev–Trinajstić information content (AvgIpc) is 3.06. The average molecular weight is 358 g/mol. The Kier molecular flexibility index (Phi) is 5.00. The molecule has 0 bridgehead atoms. The molecule has 1 fully saturated rings. The van der Waals surface area contributed by atoms with Crippen LogP contribution in [0.5, 0.6) is 0 Å². The summed E-state index contributed by atoms with van der Waals surface area (Å²) in [5.41, 5.74) is 5.96. The van der Waals surface area contributed by atoms with Gasteiger partial charge in [-0.05, 0) is 36.8 Å². The first-order valence-electron chi connectivity index (χ1n) is 7.82. The lowest BCUT2D eigenvalue weighted by Crippen LogP contribution is -2.41. The highest BCUT2D eigenvalue weighted by Gasteiger charge is 2.24. The first-order chi connectivity index (χ1) is 12.1. The van der Waals surface area contributed by atoms with Gasteiger partial charge in [0.05, 0.1) is 10.7 Å². The van der Waals surface area contributed by atoms with Crippen LogP contribution in [0.2, 0.25) is 5.02 Å². The van der Waals surface area contributed by atoms with Gasteiger partial charge < -0.3 is 4.90 Å². The van der Waals surface area contributed by atoms with Crippen LogP contribution in [0.25, 0.3) is 0 Å². The maximum absolute atomic E-state index is 12.3. The van der Waals surface area contributed by atoms with Crippen molar-refractivity contribution in [2.24, 2.45) is 0 Å². The van der Waals surface area contributed by atoms with E-state index in [4.69, 9.17) is 11.6 Å². The third-order valence-electron chi connectivity index (χ3n) is 3.90. The molecule has 7 heteroatoms. The van der Waals surface area contributed by atoms with Crippen LogP contribution >= 0.6 is 11.6 Å². The fraction of sp³-hybridized carbons (Fsp3) is 0.167. The Morgan fingerprint density at radius 2 is 1.64 bits per heavy atom. The van der Waals surface area contributed by atoms with Crippen LogP contribution in [-0.2, 0) is 4.79 Å². The van der Waals surface area contributed by atoms with E-state index in [0.29, 0.717) is 34.8 Å². The molecule has 128 valence electrons. The Morgan fingerprint density at radius 3 is 2.28 bits per heavy atom. The summed E-state index contributed by atoms with van der Waals surface area (Å²) >= 11 is 6.16. The van der Waals surface area contributed by atoms with Gasteiger partial charge in [-0.3, -0.25) is 25.2 Å². The number of rotatable bonds is 3. The van der Waals surface area contributed by atoms with Crippen molar-refractivity contribution in [1.29, 1.82) is 0 Å². The van der Waals surface area contributed by atoms with Crippen LogP contribution in [0.15, 0.2) is 48.5 Å². The monoisotopic (exact) mass is 357 g/mol. The summed E-state index contributed by atoms with van der Waals surface area (Å²) in [4.78, 5) is 37.7. The third kappa shape index (κ3) is 3.80. The Hall–Kier alpha value is -2.86. The highest BCUT2D eigenvalue weighted by molar-refractivity contribution is 6.34. The lowest BCUT2D eigenvalue weighted by Gasteiger charge is -2.18. The maximum Gasteiger partial charge on any atom is 0.269 e. The van der Waals surface area contributed by atoms with Gasteiger partial charge in [-0.25, -0.2) is 0 Å². The molecule has 6 nitrogen and oxygen atoms in total.